The van der Waals surface area contributed by atoms with Crippen molar-refractivity contribution in [2.45, 2.75) is 40.7 Å². The lowest BCUT2D eigenvalue weighted by atomic mass is 9.97. The first-order valence-corrected chi connectivity index (χ1v) is 7.93. The molecule has 0 bridgehead atoms. The Hall–Kier alpha value is -1.60. The van der Waals surface area contributed by atoms with Gasteiger partial charge in [0.15, 0.2) is 0 Å². The molecule has 1 nitrogen and oxygen atoms in total. The fourth-order valence-corrected chi connectivity index (χ4v) is 2.60. The molecule has 0 atom stereocenters. The molecule has 0 amide bonds. The molecule has 1 heteroatoms. The van der Waals surface area contributed by atoms with Gasteiger partial charge in [0, 0.05) is 6.54 Å². The van der Waals surface area contributed by atoms with Gasteiger partial charge in [-0.2, -0.15) is 0 Å². The highest BCUT2D eigenvalue weighted by atomic mass is 14.8. The Labute approximate surface area is 129 Å². The van der Waals surface area contributed by atoms with Crippen molar-refractivity contribution < 1.29 is 0 Å². The molecular formula is C20H27N. The number of aryl methyl sites for hydroxylation is 2. The first kappa shape index (κ1) is 15.8. The highest BCUT2D eigenvalue weighted by molar-refractivity contribution is 5.68. The summed E-state index contributed by atoms with van der Waals surface area (Å²) in [6.45, 7) is 10.9. The molecule has 0 aliphatic rings. The van der Waals surface area contributed by atoms with Crippen LogP contribution in [-0.2, 0) is 6.54 Å². The van der Waals surface area contributed by atoms with Crippen LogP contribution in [0.25, 0.3) is 11.1 Å². The minimum atomic E-state index is 0.767. The Bertz CT molecular complexity index is 584. The van der Waals surface area contributed by atoms with Gasteiger partial charge >= 0.3 is 0 Å². The molecule has 0 saturated heterocycles. The third kappa shape index (κ3) is 4.71. The van der Waals surface area contributed by atoms with E-state index in [4.69, 9.17) is 0 Å². The maximum absolute atomic E-state index is 3.53. The Morgan fingerprint density at radius 2 is 1.81 bits per heavy atom. The highest BCUT2D eigenvalue weighted by Gasteiger charge is 2.03. The summed E-state index contributed by atoms with van der Waals surface area (Å²) in [6, 6.07) is 15.5. The lowest BCUT2D eigenvalue weighted by Crippen LogP contribution is -2.16. The Morgan fingerprint density at radius 1 is 1.00 bits per heavy atom. The molecule has 0 unspecified atom stereocenters. The molecule has 0 aliphatic heterocycles. The maximum Gasteiger partial charge on any atom is 0.0205 e. The zero-order valence-electron chi connectivity index (χ0n) is 13.7. The van der Waals surface area contributed by atoms with Crippen LogP contribution in [0.2, 0.25) is 0 Å². The van der Waals surface area contributed by atoms with Gasteiger partial charge in [-0.15, -0.1) is 0 Å². The second-order valence-electron chi connectivity index (χ2n) is 6.38. The predicted molar refractivity (Wildman–Crippen MR) is 92.5 cm³/mol. The van der Waals surface area contributed by atoms with Gasteiger partial charge in [-0.25, -0.2) is 0 Å². The van der Waals surface area contributed by atoms with Crippen LogP contribution >= 0.6 is 0 Å². The van der Waals surface area contributed by atoms with Crippen molar-refractivity contribution in [3.8, 4) is 11.1 Å². The van der Waals surface area contributed by atoms with Crippen molar-refractivity contribution >= 4 is 0 Å². The molecule has 0 fully saturated rings. The summed E-state index contributed by atoms with van der Waals surface area (Å²) in [5, 5.41) is 3.53. The van der Waals surface area contributed by atoms with Crippen LogP contribution in [0.15, 0.2) is 42.5 Å². The van der Waals surface area contributed by atoms with Crippen molar-refractivity contribution in [1.29, 1.82) is 0 Å². The van der Waals surface area contributed by atoms with E-state index in [9.17, 15) is 0 Å². The van der Waals surface area contributed by atoms with Crippen LogP contribution in [0, 0.1) is 19.8 Å². The Morgan fingerprint density at radius 3 is 2.48 bits per heavy atom. The van der Waals surface area contributed by atoms with Crippen LogP contribution in [0.4, 0.5) is 0 Å². The van der Waals surface area contributed by atoms with E-state index in [1.54, 1.807) is 0 Å². The van der Waals surface area contributed by atoms with Crippen LogP contribution in [0.5, 0.6) is 0 Å². The van der Waals surface area contributed by atoms with Crippen molar-refractivity contribution in [3.05, 3.63) is 59.2 Å². The molecule has 0 spiro atoms. The summed E-state index contributed by atoms with van der Waals surface area (Å²) in [5.74, 6) is 0.767. The maximum atomic E-state index is 3.53. The molecule has 2 rings (SSSR count). The van der Waals surface area contributed by atoms with E-state index >= 15 is 0 Å². The van der Waals surface area contributed by atoms with E-state index in [1.165, 1.54) is 34.2 Å². The average Bonchev–Trinajstić information content (AvgIpc) is 2.43. The summed E-state index contributed by atoms with van der Waals surface area (Å²) in [5.41, 5.74) is 6.68. The van der Waals surface area contributed by atoms with Crippen LogP contribution < -0.4 is 5.32 Å². The van der Waals surface area contributed by atoms with E-state index in [2.05, 4.69) is 75.5 Å². The van der Waals surface area contributed by atoms with Crippen LogP contribution in [0.1, 0.15) is 37.0 Å². The van der Waals surface area contributed by atoms with Gasteiger partial charge in [0.25, 0.3) is 0 Å². The lowest BCUT2D eigenvalue weighted by molar-refractivity contribution is 0.537. The fraction of sp³-hybridized carbons (Fsp3) is 0.400. The van der Waals surface area contributed by atoms with E-state index in [0.717, 1.165) is 19.0 Å². The Kier molecular flexibility index (Phi) is 5.58. The average molecular weight is 281 g/mol. The largest absolute Gasteiger partial charge is 0.313 e. The molecule has 2 aromatic rings. The standard InChI is InChI=1S/C20H27N/c1-15(2)10-11-21-14-18-8-9-20(17(4)13-18)19-7-5-6-16(3)12-19/h5-9,12-13,15,21H,10-11,14H2,1-4H3. The van der Waals surface area contributed by atoms with Gasteiger partial charge in [0.2, 0.25) is 0 Å². The predicted octanol–water partition coefficient (Wildman–Crippen LogP) is 5.11. The highest BCUT2D eigenvalue weighted by Crippen LogP contribution is 2.25. The number of hydrogen-bond acceptors (Lipinski definition) is 1. The minimum Gasteiger partial charge on any atom is -0.313 e. The third-order valence-electron chi connectivity index (χ3n) is 3.85. The van der Waals surface area contributed by atoms with E-state index in [-0.39, 0.29) is 0 Å². The van der Waals surface area contributed by atoms with Crippen molar-refractivity contribution in [2.24, 2.45) is 5.92 Å². The topological polar surface area (TPSA) is 12.0 Å². The summed E-state index contributed by atoms with van der Waals surface area (Å²) < 4.78 is 0. The summed E-state index contributed by atoms with van der Waals surface area (Å²) in [4.78, 5) is 0. The number of rotatable bonds is 6. The fourth-order valence-electron chi connectivity index (χ4n) is 2.60. The Balaban J connectivity index is 2.04. The first-order valence-electron chi connectivity index (χ1n) is 7.93. The zero-order valence-corrected chi connectivity index (χ0v) is 13.7. The van der Waals surface area contributed by atoms with Gasteiger partial charge < -0.3 is 5.32 Å². The monoisotopic (exact) mass is 281 g/mol. The molecule has 0 saturated carbocycles. The SMILES string of the molecule is Cc1cccc(-c2ccc(CNCCC(C)C)cc2C)c1. The summed E-state index contributed by atoms with van der Waals surface area (Å²) in [6.07, 6.45) is 1.24. The third-order valence-corrected chi connectivity index (χ3v) is 3.85. The minimum absolute atomic E-state index is 0.767. The number of nitrogens with one attached hydrogen (secondary N) is 1. The quantitative estimate of drug-likeness (QED) is 0.726. The van der Waals surface area contributed by atoms with Crippen molar-refractivity contribution in [2.75, 3.05) is 6.54 Å². The van der Waals surface area contributed by atoms with Crippen LogP contribution in [-0.4, -0.2) is 6.54 Å². The van der Waals surface area contributed by atoms with Gasteiger partial charge in [0.1, 0.15) is 0 Å². The second-order valence-corrected chi connectivity index (χ2v) is 6.38. The van der Waals surface area contributed by atoms with Crippen LogP contribution in [0.3, 0.4) is 0 Å². The zero-order chi connectivity index (χ0) is 15.2. The van der Waals surface area contributed by atoms with E-state index in [0.29, 0.717) is 0 Å². The molecule has 112 valence electrons. The molecule has 21 heavy (non-hydrogen) atoms. The normalized spacial score (nSPS) is 11.1. The van der Waals surface area contributed by atoms with E-state index < -0.39 is 0 Å². The first-order chi connectivity index (χ1) is 10.1. The van der Waals surface area contributed by atoms with E-state index in [1.807, 2.05) is 0 Å². The van der Waals surface area contributed by atoms with Gasteiger partial charge in [-0.3, -0.25) is 0 Å². The smallest absolute Gasteiger partial charge is 0.0205 e. The molecule has 0 aliphatic carbocycles. The lowest BCUT2D eigenvalue weighted by Gasteiger charge is -2.11. The van der Waals surface area contributed by atoms with Gasteiger partial charge in [-0.05, 0) is 55.0 Å². The molecule has 0 aromatic heterocycles. The van der Waals surface area contributed by atoms with Gasteiger partial charge in [0.05, 0.1) is 0 Å². The second kappa shape index (κ2) is 7.42. The molecule has 2 aromatic carbocycles. The molecular weight excluding hydrogens is 254 g/mol. The van der Waals surface area contributed by atoms with Crippen molar-refractivity contribution in [3.63, 3.8) is 0 Å². The summed E-state index contributed by atoms with van der Waals surface area (Å²) >= 11 is 0. The van der Waals surface area contributed by atoms with Crippen molar-refractivity contribution in [1.82, 2.24) is 5.32 Å². The summed E-state index contributed by atoms with van der Waals surface area (Å²) in [7, 11) is 0. The number of hydrogen-bond donors (Lipinski definition) is 1. The molecule has 0 heterocycles. The molecule has 1 N–H and O–H groups in total. The number of benzene rings is 2. The molecule has 0 radical (unpaired) electrons. The van der Waals surface area contributed by atoms with Gasteiger partial charge in [-0.1, -0.05) is 61.9 Å².